The van der Waals surface area contributed by atoms with Crippen LogP contribution >= 0.6 is 0 Å². The third kappa shape index (κ3) is 2.49. The van der Waals surface area contributed by atoms with E-state index in [1.807, 2.05) is 6.07 Å². The van der Waals surface area contributed by atoms with Crippen LogP contribution in [0.2, 0.25) is 0 Å². The van der Waals surface area contributed by atoms with Crippen molar-refractivity contribution in [2.45, 2.75) is 45.3 Å². The van der Waals surface area contributed by atoms with Gasteiger partial charge in [-0.1, -0.05) is 37.3 Å². The Kier molecular flexibility index (Phi) is 3.97. The highest BCUT2D eigenvalue weighted by Gasteiger charge is 2.60. The maximum Gasteiger partial charge on any atom is 0.0757 e. The molecule has 1 aliphatic carbocycles. The molecule has 3 nitrogen and oxygen atoms in total. The summed E-state index contributed by atoms with van der Waals surface area (Å²) < 4.78 is 5.86. The second-order valence-electron chi connectivity index (χ2n) is 7.50. The Balaban J connectivity index is 1.26. The number of hydroxylamine groups is 2. The summed E-state index contributed by atoms with van der Waals surface area (Å²) in [6.45, 7) is 6.08. The molecule has 1 aromatic carbocycles. The van der Waals surface area contributed by atoms with Crippen LogP contribution < -0.4 is 0 Å². The predicted molar refractivity (Wildman–Crippen MR) is 86.1 cm³/mol. The monoisotopic (exact) mass is 301 g/mol. The number of hydrogen-bond acceptors (Lipinski definition) is 3. The molecule has 1 unspecified atom stereocenters. The Hall–Kier alpha value is -0.900. The molecular formula is C19H27NO2. The van der Waals surface area contributed by atoms with Crippen LogP contribution in [0.5, 0.6) is 0 Å². The molecule has 2 heterocycles. The molecule has 0 N–H and O–H groups in total. The van der Waals surface area contributed by atoms with Crippen molar-refractivity contribution in [2.75, 3.05) is 19.8 Å². The van der Waals surface area contributed by atoms with E-state index in [1.54, 1.807) is 0 Å². The molecule has 0 aromatic heterocycles. The fourth-order valence-electron chi connectivity index (χ4n) is 5.00. The van der Waals surface area contributed by atoms with Crippen LogP contribution in [-0.4, -0.2) is 30.9 Å². The summed E-state index contributed by atoms with van der Waals surface area (Å²) in [5.41, 5.74) is 1.69. The van der Waals surface area contributed by atoms with Gasteiger partial charge in [-0.2, -0.15) is 5.06 Å². The summed E-state index contributed by atoms with van der Waals surface area (Å²) in [6.07, 6.45) is 5.16. The van der Waals surface area contributed by atoms with Gasteiger partial charge in [0.25, 0.3) is 0 Å². The molecule has 1 saturated carbocycles. The van der Waals surface area contributed by atoms with Gasteiger partial charge >= 0.3 is 0 Å². The average molecular weight is 301 g/mol. The minimum Gasteiger partial charge on any atom is -0.377 e. The van der Waals surface area contributed by atoms with Gasteiger partial charge < -0.3 is 4.74 Å². The highest BCUT2D eigenvalue weighted by molar-refractivity contribution is 5.13. The summed E-state index contributed by atoms with van der Waals surface area (Å²) in [6, 6.07) is 11.1. The molecular weight excluding hydrogens is 274 g/mol. The number of hydrogen-bond donors (Lipinski definition) is 0. The lowest BCUT2D eigenvalue weighted by atomic mass is 9.78. The fraction of sp³-hybridized carbons (Fsp3) is 0.684. The summed E-state index contributed by atoms with van der Waals surface area (Å²) in [5.74, 6) is 1.68. The van der Waals surface area contributed by atoms with Gasteiger partial charge in [-0.3, -0.25) is 4.84 Å². The lowest BCUT2D eigenvalue weighted by Crippen LogP contribution is -2.34. The molecule has 3 aliphatic rings. The van der Waals surface area contributed by atoms with Gasteiger partial charge in [0, 0.05) is 24.6 Å². The number of nitrogens with zero attached hydrogens (tertiary/aromatic N) is 1. The standard InChI is InChI=1S/C19H27NO2/c1-15-12-20-18-17(15)8-10-19(18,14-22-20)9-5-11-21-13-16-6-3-2-4-7-16/h2-4,6-7,15,17-18H,5,8-14H2,1H3/t15-,17?,18+,19+/m1/s1. The largest absolute Gasteiger partial charge is 0.377 e. The smallest absolute Gasteiger partial charge is 0.0757 e. The summed E-state index contributed by atoms with van der Waals surface area (Å²) in [5, 5.41) is 2.31. The number of benzene rings is 1. The molecule has 4 atom stereocenters. The van der Waals surface area contributed by atoms with E-state index in [2.05, 4.69) is 36.3 Å². The number of rotatable bonds is 6. The second-order valence-corrected chi connectivity index (χ2v) is 7.50. The Morgan fingerprint density at radius 1 is 1.32 bits per heavy atom. The lowest BCUT2D eigenvalue weighted by molar-refractivity contribution is -0.118. The first-order valence-corrected chi connectivity index (χ1v) is 8.80. The van der Waals surface area contributed by atoms with Crippen molar-refractivity contribution in [3.05, 3.63) is 35.9 Å². The van der Waals surface area contributed by atoms with Crippen molar-refractivity contribution in [2.24, 2.45) is 17.3 Å². The molecule has 2 saturated heterocycles. The zero-order valence-corrected chi connectivity index (χ0v) is 13.5. The summed E-state index contributed by atoms with van der Waals surface area (Å²) >= 11 is 0. The molecule has 4 rings (SSSR count). The van der Waals surface area contributed by atoms with Gasteiger partial charge in [0.15, 0.2) is 0 Å². The lowest BCUT2D eigenvalue weighted by Gasteiger charge is -2.28. The first kappa shape index (κ1) is 14.7. The minimum absolute atomic E-state index is 0.422. The third-order valence-electron chi connectivity index (χ3n) is 6.11. The summed E-state index contributed by atoms with van der Waals surface area (Å²) in [4.78, 5) is 6.00. The first-order valence-electron chi connectivity index (χ1n) is 8.80. The molecule has 0 spiro atoms. The van der Waals surface area contributed by atoms with Crippen LogP contribution in [0.15, 0.2) is 30.3 Å². The molecule has 3 heteroatoms. The van der Waals surface area contributed by atoms with Gasteiger partial charge in [0.2, 0.25) is 0 Å². The normalized spacial score (nSPS) is 36.9. The van der Waals surface area contributed by atoms with Crippen LogP contribution in [0.3, 0.4) is 0 Å². The van der Waals surface area contributed by atoms with E-state index in [-0.39, 0.29) is 0 Å². The van der Waals surface area contributed by atoms with Crippen LogP contribution in [0, 0.1) is 17.3 Å². The van der Waals surface area contributed by atoms with E-state index >= 15 is 0 Å². The topological polar surface area (TPSA) is 21.7 Å². The highest BCUT2D eigenvalue weighted by atomic mass is 16.7. The Morgan fingerprint density at radius 2 is 2.18 bits per heavy atom. The van der Waals surface area contributed by atoms with Crippen LogP contribution in [0.1, 0.15) is 38.2 Å². The van der Waals surface area contributed by atoms with Crippen LogP contribution in [-0.2, 0) is 16.2 Å². The fourth-order valence-corrected chi connectivity index (χ4v) is 5.00. The van der Waals surface area contributed by atoms with Crippen molar-refractivity contribution in [3.63, 3.8) is 0 Å². The minimum atomic E-state index is 0.422. The van der Waals surface area contributed by atoms with Gasteiger partial charge in [-0.15, -0.1) is 0 Å². The van der Waals surface area contributed by atoms with Crippen molar-refractivity contribution in [1.82, 2.24) is 5.06 Å². The maximum absolute atomic E-state index is 6.00. The van der Waals surface area contributed by atoms with E-state index in [0.717, 1.165) is 44.6 Å². The highest BCUT2D eigenvalue weighted by Crippen LogP contribution is 2.57. The van der Waals surface area contributed by atoms with E-state index in [4.69, 9.17) is 9.57 Å². The molecule has 22 heavy (non-hydrogen) atoms. The van der Waals surface area contributed by atoms with Crippen molar-refractivity contribution in [3.8, 4) is 0 Å². The van der Waals surface area contributed by atoms with E-state index in [0.29, 0.717) is 11.5 Å². The molecule has 3 fully saturated rings. The molecule has 2 aliphatic heterocycles. The van der Waals surface area contributed by atoms with Crippen molar-refractivity contribution in [1.29, 1.82) is 0 Å². The quantitative estimate of drug-likeness (QED) is 0.749. The average Bonchev–Trinajstić information content (AvgIpc) is 3.17. The van der Waals surface area contributed by atoms with E-state index < -0.39 is 0 Å². The zero-order valence-electron chi connectivity index (χ0n) is 13.5. The van der Waals surface area contributed by atoms with Crippen molar-refractivity contribution < 1.29 is 9.57 Å². The SMILES string of the molecule is C[C@@H]1CN2OC[C@]3(CCCOCc4ccccc4)CCC1[C@H]23. The summed E-state index contributed by atoms with van der Waals surface area (Å²) in [7, 11) is 0. The Morgan fingerprint density at radius 3 is 3.05 bits per heavy atom. The Bertz CT molecular complexity index is 505. The number of ether oxygens (including phenoxy) is 1. The van der Waals surface area contributed by atoms with Gasteiger partial charge in [-0.05, 0) is 43.1 Å². The predicted octanol–water partition coefficient (Wildman–Crippen LogP) is 3.65. The molecule has 0 amide bonds. The zero-order chi connectivity index (χ0) is 15.0. The first-order chi connectivity index (χ1) is 10.8. The maximum atomic E-state index is 6.00. The Labute approximate surface area is 133 Å². The molecule has 0 radical (unpaired) electrons. The molecule has 0 bridgehead atoms. The van der Waals surface area contributed by atoms with E-state index in [1.165, 1.54) is 24.8 Å². The third-order valence-corrected chi connectivity index (χ3v) is 6.11. The van der Waals surface area contributed by atoms with Gasteiger partial charge in [0.1, 0.15) is 0 Å². The van der Waals surface area contributed by atoms with E-state index in [9.17, 15) is 0 Å². The van der Waals surface area contributed by atoms with Gasteiger partial charge in [0.05, 0.1) is 13.2 Å². The van der Waals surface area contributed by atoms with Crippen LogP contribution in [0.25, 0.3) is 0 Å². The van der Waals surface area contributed by atoms with Gasteiger partial charge in [-0.25, -0.2) is 0 Å². The van der Waals surface area contributed by atoms with Crippen LogP contribution in [0.4, 0.5) is 0 Å². The second kappa shape index (κ2) is 5.95. The van der Waals surface area contributed by atoms with Crippen molar-refractivity contribution >= 4 is 0 Å². The molecule has 1 aromatic rings. The molecule has 120 valence electrons.